The van der Waals surface area contributed by atoms with Crippen LogP contribution in [0.2, 0.25) is 0 Å². The molecule has 0 saturated carbocycles. The van der Waals surface area contributed by atoms with E-state index in [1.165, 1.54) is 0 Å². The first-order valence-electron chi connectivity index (χ1n) is 6.35. The number of rotatable bonds is 2. The first-order chi connectivity index (χ1) is 8.61. The topological polar surface area (TPSA) is 62.5 Å². The molecule has 1 aliphatic heterocycles. The number of aryl methyl sites for hydroxylation is 1. The maximum Gasteiger partial charge on any atom is 0.255 e. The zero-order chi connectivity index (χ0) is 13.1. The number of amides is 1. The molecule has 0 bridgehead atoms. The van der Waals surface area contributed by atoms with E-state index < -0.39 is 0 Å². The molecule has 1 aromatic heterocycles. The Bertz CT molecular complexity index is 439. The highest BCUT2D eigenvalue weighted by Gasteiger charge is 2.22. The monoisotopic (exact) mass is 248 g/mol. The molecule has 2 rings (SSSR count). The third-order valence-corrected chi connectivity index (χ3v) is 3.45. The van der Waals surface area contributed by atoms with Gasteiger partial charge >= 0.3 is 0 Å². The number of nitrogen functional groups attached to an aromatic ring is 1. The Morgan fingerprint density at radius 1 is 1.39 bits per heavy atom. The van der Waals surface area contributed by atoms with Crippen molar-refractivity contribution in [3.05, 3.63) is 23.5 Å². The van der Waals surface area contributed by atoms with E-state index in [0.29, 0.717) is 11.3 Å². The summed E-state index contributed by atoms with van der Waals surface area (Å²) in [7, 11) is 0. The smallest absolute Gasteiger partial charge is 0.255 e. The first-order valence-corrected chi connectivity index (χ1v) is 6.35. The van der Waals surface area contributed by atoms with Crippen molar-refractivity contribution >= 4 is 11.6 Å². The van der Waals surface area contributed by atoms with E-state index in [1.807, 2.05) is 11.8 Å². The van der Waals surface area contributed by atoms with Crippen molar-refractivity contribution in [2.45, 2.75) is 13.8 Å². The number of carbonyl (C=O) groups is 1. The number of anilines is 1. The second-order valence-corrected chi connectivity index (χ2v) is 4.63. The highest BCUT2D eigenvalue weighted by Crippen LogP contribution is 2.14. The van der Waals surface area contributed by atoms with E-state index in [0.717, 1.165) is 38.4 Å². The average molecular weight is 248 g/mol. The van der Waals surface area contributed by atoms with E-state index in [9.17, 15) is 4.79 Å². The molecule has 1 fully saturated rings. The maximum atomic E-state index is 12.4. The summed E-state index contributed by atoms with van der Waals surface area (Å²) in [6.45, 7) is 8.47. The Balaban J connectivity index is 2.10. The lowest BCUT2D eigenvalue weighted by molar-refractivity contribution is 0.0642. The zero-order valence-corrected chi connectivity index (χ0v) is 11.0. The van der Waals surface area contributed by atoms with Crippen molar-refractivity contribution in [3.63, 3.8) is 0 Å². The van der Waals surface area contributed by atoms with Gasteiger partial charge in [-0.2, -0.15) is 0 Å². The molecular formula is C13H20N4O. The summed E-state index contributed by atoms with van der Waals surface area (Å²) in [5.41, 5.74) is 7.60. The number of carbonyl (C=O) groups excluding carboxylic acids is 1. The molecule has 2 N–H and O–H groups in total. The Hall–Kier alpha value is -1.62. The van der Waals surface area contributed by atoms with E-state index in [1.54, 1.807) is 12.3 Å². The number of pyridine rings is 1. The zero-order valence-electron chi connectivity index (χ0n) is 11.0. The van der Waals surface area contributed by atoms with Crippen molar-refractivity contribution in [2.24, 2.45) is 0 Å². The van der Waals surface area contributed by atoms with Crippen molar-refractivity contribution < 1.29 is 4.79 Å². The molecular weight excluding hydrogens is 228 g/mol. The number of hydrogen-bond acceptors (Lipinski definition) is 4. The number of nitrogens with zero attached hydrogens (tertiary/aromatic N) is 3. The predicted octanol–water partition coefficient (Wildman–Crippen LogP) is 0.750. The van der Waals surface area contributed by atoms with Crippen LogP contribution in [0.3, 0.4) is 0 Å². The number of aromatic nitrogens is 1. The molecule has 0 unspecified atom stereocenters. The molecule has 18 heavy (non-hydrogen) atoms. The van der Waals surface area contributed by atoms with Gasteiger partial charge in [0.2, 0.25) is 0 Å². The minimum Gasteiger partial charge on any atom is -0.397 e. The number of piperazine rings is 1. The van der Waals surface area contributed by atoms with E-state index in [4.69, 9.17) is 5.73 Å². The van der Waals surface area contributed by atoms with Crippen LogP contribution in [-0.2, 0) is 0 Å². The fourth-order valence-corrected chi connectivity index (χ4v) is 2.20. The molecule has 0 radical (unpaired) electrons. The van der Waals surface area contributed by atoms with Gasteiger partial charge in [0.15, 0.2) is 0 Å². The lowest BCUT2D eigenvalue weighted by Gasteiger charge is -2.34. The van der Waals surface area contributed by atoms with E-state index in [-0.39, 0.29) is 5.91 Å². The molecule has 5 heteroatoms. The summed E-state index contributed by atoms with van der Waals surface area (Å²) in [5, 5.41) is 0. The maximum absolute atomic E-state index is 12.4. The summed E-state index contributed by atoms with van der Waals surface area (Å²) in [6, 6.07) is 1.72. The van der Waals surface area contributed by atoms with Crippen LogP contribution in [0, 0.1) is 6.92 Å². The van der Waals surface area contributed by atoms with Crippen LogP contribution in [0.15, 0.2) is 12.3 Å². The average Bonchev–Trinajstić information content (AvgIpc) is 2.41. The van der Waals surface area contributed by atoms with Gasteiger partial charge in [-0.15, -0.1) is 0 Å². The van der Waals surface area contributed by atoms with Gasteiger partial charge in [0, 0.05) is 26.2 Å². The van der Waals surface area contributed by atoms with Crippen LogP contribution in [0.5, 0.6) is 0 Å². The van der Waals surface area contributed by atoms with Crippen LogP contribution < -0.4 is 5.73 Å². The lowest BCUT2D eigenvalue weighted by atomic mass is 10.1. The van der Waals surface area contributed by atoms with E-state index >= 15 is 0 Å². The van der Waals surface area contributed by atoms with Gasteiger partial charge in [-0.1, -0.05) is 6.92 Å². The predicted molar refractivity (Wildman–Crippen MR) is 71.4 cm³/mol. The fourth-order valence-electron chi connectivity index (χ4n) is 2.20. The van der Waals surface area contributed by atoms with Gasteiger partial charge in [0.25, 0.3) is 5.91 Å². The van der Waals surface area contributed by atoms with Crippen LogP contribution in [0.4, 0.5) is 5.69 Å². The molecule has 1 aromatic rings. The third-order valence-electron chi connectivity index (χ3n) is 3.45. The number of likely N-dealkylation sites (N-methyl/N-ethyl adjacent to an activating group) is 1. The fraction of sp³-hybridized carbons (Fsp3) is 0.538. The summed E-state index contributed by atoms with van der Waals surface area (Å²) in [5.74, 6) is 0.0445. The SMILES string of the molecule is CCN1CCN(C(=O)c2cc(N)cnc2C)CC1. The quantitative estimate of drug-likeness (QED) is 0.839. The molecule has 0 spiro atoms. The number of hydrogen-bond donors (Lipinski definition) is 1. The van der Waals surface area contributed by atoms with Crippen LogP contribution in [0.1, 0.15) is 23.0 Å². The Kier molecular flexibility index (Phi) is 3.81. The molecule has 2 heterocycles. The minimum absolute atomic E-state index is 0.0445. The van der Waals surface area contributed by atoms with Crippen molar-refractivity contribution in [3.8, 4) is 0 Å². The van der Waals surface area contributed by atoms with Gasteiger partial charge in [-0.05, 0) is 19.5 Å². The molecule has 0 aromatic carbocycles. The summed E-state index contributed by atoms with van der Waals surface area (Å²) < 4.78 is 0. The summed E-state index contributed by atoms with van der Waals surface area (Å²) in [6.07, 6.45) is 1.58. The van der Waals surface area contributed by atoms with Gasteiger partial charge in [-0.25, -0.2) is 0 Å². The Morgan fingerprint density at radius 2 is 2.06 bits per heavy atom. The second-order valence-electron chi connectivity index (χ2n) is 4.63. The van der Waals surface area contributed by atoms with Gasteiger partial charge in [0.1, 0.15) is 0 Å². The van der Waals surface area contributed by atoms with Gasteiger partial charge < -0.3 is 15.5 Å². The van der Waals surface area contributed by atoms with Crippen molar-refractivity contribution in [1.29, 1.82) is 0 Å². The highest BCUT2D eigenvalue weighted by atomic mass is 16.2. The Morgan fingerprint density at radius 3 is 2.67 bits per heavy atom. The molecule has 5 nitrogen and oxygen atoms in total. The molecule has 0 aliphatic carbocycles. The lowest BCUT2D eigenvalue weighted by Crippen LogP contribution is -2.48. The normalized spacial score (nSPS) is 16.9. The van der Waals surface area contributed by atoms with Crippen molar-refractivity contribution in [2.75, 3.05) is 38.5 Å². The molecule has 1 amide bonds. The molecule has 1 aliphatic rings. The first kappa shape index (κ1) is 12.8. The number of nitrogens with two attached hydrogens (primary N) is 1. The van der Waals surface area contributed by atoms with E-state index in [2.05, 4.69) is 16.8 Å². The van der Waals surface area contributed by atoms with Crippen LogP contribution in [-0.4, -0.2) is 53.4 Å². The largest absolute Gasteiger partial charge is 0.397 e. The van der Waals surface area contributed by atoms with Gasteiger partial charge in [0.05, 0.1) is 23.1 Å². The second kappa shape index (κ2) is 5.35. The van der Waals surface area contributed by atoms with Gasteiger partial charge in [-0.3, -0.25) is 9.78 Å². The summed E-state index contributed by atoms with van der Waals surface area (Å²) in [4.78, 5) is 20.7. The summed E-state index contributed by atoms with van der Waals surface area (Å²) >= 11 is 0. The van der Waals surface area contributed by atoms with Crippen LogP contribution >= 0.6 is 0 Å². The van der Waals surface area contributed by atoms with Crippen LogP contribution in [0.25, 0.3) is 0 Å². The molecule has 0 atom stereocenters. The molecule has 98 valence electrons. The Labute approximate surface area is 108 Å². The molecule has 1 saturated heterocycles. The van der Waals surface area contributed by atoms with Crippen molar-refractivity contribution in [1.82, 2.24) is 14.8 Å². The standard InChI is InChI=1S/C13H20N4O/c1-3-16-4-6-17(7-5-16)13(18)12-8-11(14)9-15-10(12)2/h8-9H,3-7,14H2,1-2H3. The highest BCUT2D eigenvalue weighted by molar-refractivity contribution is 5.96. The minimum atomic E-state index is 0.0445. The third kappa shape index (κ3) is 2.61.